The lowest BCUT2D eigenvalue weighted by atomic mass is 9.92. The first kappa shape index (κ1) is 20.5. The lowest BCUT2D eigenvalue weighted by Gasteiger charge is -2.38. The van der Waals surface area contributed by atoms with Gasteiger partial charge in [-0.15, -0.1) is 0 Å². The summed E-state index contributed by atoms with van der Waals surface area (Å²) in [4.78, 5) is 26.6. The van der Waals surface area contributed by atoms with Crippen LogP contribution in [0.4, 0.5) is 0 Å². The highest BCUT2D eigenvalue weighted by Crippen LogP contribution is 2.31. The van der Waals surface area contributed by atoms with Gasteiger partial charge in [-0.2, -0.15) is 20.1 Å². The molecule has 1 unspecified atom stereocenters. The minimum atomic E-state index is -0.228. The largest absolute Gasteiger partial charge is 0.467 e. The fourth-order valence-corrected chi connectivity index (χ4v) is 4.52. The van der Waals surface area contributed by atoms with E-state index >= 15 is 0 Å². The van der Waals surface area contributed by atoms with Crippen molar-refractivity contribution in [1.29, 1.82) is 0 Å². The highest BCUT2D eigenvalue weighted by atomic mass is 16.5. The van der Waals surface area contributed by atoms with Crippen LogP contribution >= 0.6 is 0 Å². The maximum absolute atomic E-state index is 11.9. The van der Waals surface area contributed by atoms with Gasteiger partial charge in [-0.05, 0) is 31.0 Å². The second kappa shape index (κ2) is 8.29. The molecular formula is C22H25N7O3. The van der Waals surface area contributed by atoms with Gasteiger partial charge in [0, 0.05) is 49.0 Å². The van der Waals surface area contributed by atoms with Crippen LogP contribution in [0, 0.1) is 6.92 Å². The number of nitrogens with one attached hydrogen (secondary N) is 1. The van der Waals surface area contributed by atoms with E-state index in [2.05, 4.69) is 50.2 Å². The Morgan fingerprint density at radius 3 is 3.00 bits per heavy atom. The number of hydrogen-bond donors (Lipinski definition) is 1. The van der Waals surface area contributed by atoms with E-state index in [0.29, 0.717) is 24.2 Å². The summed E-state index contributed by atoms with van der Waals surface area (Å²) in [6.45, 7) is 7.16. The molecular weight excluding hydrogens is 410 g/mol. The predicted molar refractivity (Wildman–Crippen MR) is 114 cm³/mol. The zero-order chi connectivity index (χ0) is 22.2. The summed E-state index contributed by atoms with van der Waals surface area (Å²) in [5.41, 5.74) is 5.12. The Labute approximate surface area is 185 Å². The van der Waals surface area contributed by atoms with Crippen LogP contribution in [0.5, 0.6) is 6.01 Å². The third-order valence-electron chi connectivity index (χ3n) is 6.01. The quantitative estimate of drug-likeness (QED) is 0.598. The van der Waals surface area contributed by atoms with Gasteiger partial charge in [0.2, 0.25) is 0 Å². The van der Waals surface area contributed by atoms with Gasteiger partial charge in [0.05, 0.1) is 18.9 Å². The summed E-state index contributed by atoms with van der Waals surface area (Å²) < 4.78 is 11.9. The number of nitrogens with zero attached hydrogens (tertiary/aromatic N) is 6. The van der Waals surface area contributed by atoms with Crippen molar-refractivity contribution in [2.75, 3.05) is 20.2 Å². The molecule has 10 heteroatoms. The molecule has 3 aromatic rings. The summed E-state index contributed by atoms with van der Waals surface area (Å²) in [6.07, 6.45) is 5.17. The Kier molecular flexibility index (Phi) is 5.32. The fourth-order valence-electron chi connectivity index (χ4n) is 4.52. The van der Waals surface area contributed by atoms with Crippen LogP contribution in [0.3, 0.4) is 0 Å². The minimum absolute atomic E-state index is 0.169. The van der Waals surface area contributed by atoms with Crippen molar-refractivity contribution < 1.29 is 14.3 Å². The first-order chi connectivity index (χ1) is 15.5. The summed E-state index contributed by atoms with van der Waals surface area (Å²) in [5, 5.41) is 8.11. The molecule has 166 valence electrons. The van der Waals surface area contributed by atoms with E-state index in [1.807, 2.05) is 18.5 Å². The number of ether oxygens (including phenoxy) is 2. The van der Waals surface area contributed by atoms with E-state index < -0.39 is 0 Å². The van der Waals surface area contributed by atoms with Crippen molar-refractivity contribution in [3.05, 3.63) is 58.7 Å². The molecule has 0 bridgehead atoms. The average molecular weight is 435 g/mol. The van der Waals surface area contributed by atoms with Crippen molar-refractivity contribution in [2.24, 2.45) is 0 Å². The number of carbonyl (C=O) groups excluding carboxylic acids is 1. The number of fused-ring (bicyclic) bond motifs is 1. The van der Waals surface area contributed by atoms with E-state index in [9.17, 15) is 4.79 Å². The standard InChI is InChI=1S/C22H25N7O3/c1-13-7-28(8-15-6-25-29(9-15)21-23-12-24-22(27-21)31-3)10-19(26-13)16-4-5-17-18(14(16)2)11-32-20(17)30/h4-6,9,12-13,19,26H,7-8,10-11H2,1-3H3/t13?,19-/m0/s1. The molecule has 2 aliphatic rings. The minimum Gasteiger partial charge on any atom is -0.467 e. The molecule has 2 aliphatic heterocycles. The molecule has 0 aliphatic carbocycles. The number of methoxy groups -OCH3 is 1. The van der Waals surface area contributed by atoms with Crippen molar-refractivity contribution >= 4 is 5.97 Å². The zero-order valence-corrected chi connectivity index (χ0v) is 18.3. The van der Waals surface area contributed by atoms with Crippen molar-refractivity contribution in [1.82, 2.24) is 34.9 Å². The number of benzene rings is 1. The van der Waals surface area contributed by atoms with E-state index in [4.69, 9.17) is 9.47 Å². The van der Waals surface area contributed by atoms with Crippen LogP contribution in [0.25, 0.3) is 5.95 Å². The smallest absolute Gasteiger partial charge is 0.338 e. The second-order valence-corrected chi connectivity index (χ2v) is 8.26. The maximum atomic E-state index is 11.9. The molecule has 2 atom stereocenters. The number of piperazine rings is 1. The van der Waals surface area contributed by atoms with Gasteiger partial charge >= 0.3 is 12.0 Å². The van der Waals surface area contributed by atoms with E-state index in [-0.39, 0.29) is 18.0 Å². The number of esters is 1. The molecule has 0 radical (unpaired) electrons. The maximum Gasteiger partial charge on any atom is 0.338 e. The summed E-state index contributed by atoms with van der Waals surface area (Å²) in [5.74, 6) is 0.189. The molecule has 0 spiro atoms. The van der Waals surface area contributed by atoms with Gasteiger partial charge in [0.1, 0.15) is 12.9 Å². The van der Waals surface area contributed by atoms with Crippen LogP contribution in [-0.4, -0.2) is 61.8 Å². The third kappa shape index (κ3) is 3.82. The Morgan fingerprint density at radius 1 is 1.28 bits per heavy atom. The van der Waals surface area contributed by atoms with Crippen molar-refractivity contribution in [3.63, 3.8) is 0 Å². The lowest BCUT2D eigenvalue weighted by Crippen LogP contribution is -2.50. The zero-order valence-electron chi connectivity index (χ0n) is 18.3. The monoisotopic (exact) mass is 435 g/mol. The predicted octanol–water partition coefficient (Wildman–Crippen LogP) is 1.58. The summed E-state index contributed by atoms with van der Waals surface area (Å²) in [6, 6.07) is 4.69. The molecule has 32 heavy (non-hydrogen) atoms. The fraction of sp³-hybridized carbons (Fsp3) is 0.409. The van der Waals surface area contributed by atoms with Crippen LogP contribution in [0.2, 0.25) is 0 Å². The van der Waals surface area contributed by atoms with Gasteiger partial charge in [0.15, 0.2) is 0 Å². The Balaban J connectivity index is 1.33. The molecule has 1 saturated heterocycles. The molecule has 1 aromatic carbocycles. The molecule has 10 nitrogen and oxygen atoms in total. The lowest BCUT2D eigenvalue weighted by molar-refractivity contribution is 0.0535. The first-order valence-corrected chi connectivity index (χ1v) is 10.6. The normalized spacial score (nSPS) is 20.8. The highest BCUT2D eigenvalue weighted by molar-refractivity contribution is 5.94. The molecule has 5 rings (SSSR count). The Hall–Kier alpha value is -3.37. The van der Waals surface area contributed by atoms with Crippen molar-refractivity contribution in [2.45, 2.75) is 39.1 Å². The van der Waals surface area contributed by atoms with Gasteiger partial charge in [-0.3, -0.25) is 4.90 Å². The number of hydrogen-bond acceptors (Lipinski definition) is 9. The van der Waals surface area contributed by atoms with Gasteiger partial charge in [-0.1, -0.05) is 6.07 Å². The number of cyclic esters (lactones) is 1. The second-order valence-electron chi connectivity index (χ2n) is 8.26. The van der Waals surface area contributed by atoms with Crippen LogP contribution in [0.1, 0.15) is 45.6 Å². The number of rotatable bonds is 5. The number of carbonyl (C=O) groups is 1. The molecule has 1 N–H and O–H groups in total. The number of aromatic nitrogens is 5. The molecule has 0 saturated carbocycles. The summed E-state index contributed by atoms with van der Waals surface area (Å²) >= 11 is 0. The van der Waals surface area contributed by atoms with Gasteiger partial charge in [0.25, 0.3) is 5.95 Å². The molecule has 1 fully saturated rings. The average Bonchev–Trinajstić information content (AvgIpc) is 3.41. The van der Waals surface area contributed by atoms with Gasteiger partial charge in [-0.25, -0.2) is 9.48 Å². The third-order valence-corrected chi connectivity index (χ3v) is 6.01. The first-order valence-electron chi connectivity index (χ1n) is 10.6. The SMILES string of the molecule is COc1ncnc(-n2cc(CN3CC(C)N[C@H](c4ccc5c(c4C)COC5=O)C3)cn2)n1. The highest BCUT2D eigenvalue weighted by Gasteiger charge is 2.30. The molecule has 0 amide bonds. The van der Waals surface area contributed by atoms with E-state index in [1.54, 1.807) is 4.68 Å². The Morgan fingerprint density at radius 2 is 2.16 bits per heavy atom. The van der Waals surface area contributed by atoms with Crippen LogP contribution < -0.4 is 10.1 Å². The van der Waals surface area contributed by atoms with Gasteiger partial charge < -0.3 is 14.8 Å². The molecule has 2 aromatic heterocycles. The topological polar surface area (TPSA) is 107 Å². The summed E-state index contributed by atoms with van der Waals surface area (Å²) in [7, 11) is 1.52. The van der Waals surface area contributed by atoms with E-state index in [1.165, 1.54) is 19.0 Å². The van der Waals surface area contributed by atoms with E-state index in [0.717, 1.165) is 36.3 Å². The Bertz CT molecular complexity index is 1160. The van der Waals surface area contributed by atoms with Crippen molar-refractivity contribution in [3.8, 4) is 12.0 Å². The molecule has 4 heterocycles. The van der Waals surface area contributed by atoms with Crippen LogP contribution in [-0.2, 0) is 17.9 Å². The van der Waals surface area contributed by atoms with Crippen LogP contribution in [0.15, 0.2) is 30.9 Å².